The highest BCUT2D eigenvalue weighted by molar-refractivity contribution is 6.31. The first kappa shape index (κ1) is 17.6. The first-order valence-electron chi connectivity index (χ1n) is 7.85. The number of phenols is 1. The number of halogens is 2. The number of phenolic OH excluding ortho intramolecular Hbond substituents is 1. The van der Waals surface area contributed by atoms with Crippen LogP contribution < -0.4 is 11.2 Å². The summed E-state index contributed by atoms with van der Waals surface area (Å²) in [7, 11) is 0. The minimum atomic E-state index is -0.557. The highest BCUT2D eigenvalue weighted by atomic mass is 35.5. The second-order valence-corrected chi connectivity index (χ2v) is 6.02. The smallest absolute Gasteiger partial charge is 0.245 e. The fourth-order valence-electron chi connectivity index (χ4n) is 2.53. The zero-order chi connectivity index (χ0) is 19.7. The summed E-state index contributed by atoms with van der Waals surface area (Å²) in [5.74, 6) is 5.27. The number of benzene rings is 2. The maximum absolute atomic E-state index is 13.4. The van der Waals surface area contributed by atoms with Crippen molar-refractivity contribution in [2.45, 2.75) is 0 Å². The van der Waals surface area contributed by atoms with Gasteiger partial charge in [0.2, 0.25) is 11.3 Å². The number of nitrogens with zero attached hydrogens (tertiary/aromatic N) is 5. The van der Waals surface area contributed by atoms with Crippen LogP contribution in [0.15, 0.2) is 52.2 Å². The van der Waals surface area contributed by atoms with Gasteiger partial charge in [0.15, 0.2) is 5.82 Å². The molecular formula is C17H11ClFN7O2. The van der Waals surface area contributed by atoms with Crippen LogP contribution in [0.25, 0.3) is 11.3 Å². The number of hydrazone groups is 1. The molecule has 2 aromatic carbocycles. The molecule has 28 heavy (non-hydrogen) atoms. The van der Waals surface area contributed by atoms with E-state index in [1.54, 1.807) is 12.1 Å². The molecule has 0 aliphatic carbocycles. The molecule has 0 saturated heterocycles. The fraction of sp³-hybridized carbons (Fsp3) is 0. The van der Waals surface area contributed by atoms with E-state index in [9.17, 15) is 9.50 Å². The molecule has 0 unspecified atom stereocenters. The van der Waals surface area contributed by atoms with Crippen molar-refractivity contribution in [3.8, 4) is 5.75 Å². The van der Waals surface area contributed by atoms with E-state index in [1.165, 1.54) is 30.3 Å². The van der Waals surface area contributed by atoms with E-state index in [0.717, 1.165) is 0 Å². The van der Waals surface area contributed by atoms with Crippen molar-refractivity contribution in [2.75, 3.05) is 5.32 Å². The van der Waals surface area contributed by atoms with Gasteiger partial charge in [0.05, 0.1) is 5.02 Å². The Bertz CT molecular complexity index is 1210. The summed E-state index contributed by atoms with van der Waals surface area (Å²) >= 11 is 5.84. The molecule has 0 fully saturated rings. The van der Waals surface area contributed by atoms with Crippen LogP contribution in [0.4, 0.5) is 15.9 Å². The zero-order valence-corrected chi connectivity index (χ0v) is 14.7. The summed E-state index contributed by atoms with van der Waals surface area (Å²) in [6.07, 6.45) is 0. The average Bonchev–Trinajstić information content (AvgIpc) is 3.13. The van der Waals surface area contributed by atoms with Crippen LogP contribution in [-0.4, -0.2) is 31.1 Å². The third kappa shape index (κ3) is 3.28. The van der Waals surface area contributed by atoms with Crippen molar-refractivity contribution in [3.63, 3.8) is 0 Å². The summed E-state index contributed by atoms with van der Waals surface area (Å²) in [6, 6.07) is 10.4. The van der Waals surface area contributed by atoms with Crippen molar-refractivity contribution in [1.82, 2.24) is 20.3 Å². The Morgan fingerprint density at radius 3 is 2.64 bits per heavy atom. The lowest BCUT2D eigenvalue weighted by Gasteiger charge is -2.12. The third-order valence-corrected chi connectivity index (χ3v) is 4.06. The summed E-state index contributed by atoms with van der Waals surface area (Å²) in [5, 5.41) is 23.8. The molecule has 0 bridgehead atoms. The SMILES string of the molecule is NN=C(c1cccc(O)c1)c1nc2nonc2nc1Nc1ccc(F)c(Cl)c1. The van der Waals surface area contributed by atoms with Crippen LogP contribution in [-0.2, 0) is 0 Å². The van der Waals surface area contributed by atoms with Gasteiger partial charge in [-0.2, -0.15) is 5.10 Å². The Morgan fingerprint density at radius 1 is 1.14 bits per heavy atom. The van der Waals surface area contributed by atoms with Gasteiger partial charge in [-0.1, -0.05) is 23.7 Å². The fourth-order valence-corrected chi connectivity index (χ4v) is 2.71. The van der Waals surface area contributed by atoms with E-state index < -0.39 is 5.82 Å². The second-order valence-electron chi connectivity index (χ2n) is 5.61. The van der Waals surface area contributed by atoms with E-state index in [2.05, 4.69) is 35.3 Å². The number of fused-ring (bicyclic) bond motifs is 1. The molecule has 140 valence electrons. The van der Waals surface area contributed by atoms with Crippen LogP contribution >= 0.6 is 11.6 Å². The minimum absolute atomic E-state index is 0.0237. The van der Waals surface area contributed by atoms with E-state index >= 15 is 0 Å². The van der Waals surface area contributed by atoms with Gasteiger partial charge in [-0.05, 0) is 40.6 Å². The largest absolute Gasteiger partial charge is 0.508 e. The topological polar surface area (TPSA) is 135 Å². The van der Waals surface area contributed by atoms with Gasteiger partial charge < -0.3 is 16.3 Å². The third-order valence-electron chi connectivity index (χ3n) is 3.77. The molecule has 0 aliphatic rings. The molecule has 0 atom stereocenters. The quantitative estimate of drug-likeness (QED) is 0.271. The number of aromatic hydroxyl groups is 1. The van der Waals surface area contributed by atoms with Crippen LogP contribution in [0.1, 0.15) is 11.3 Å². The number of nitrogens with two attached hydrogens (primary N) is 1. The van der Waals surface area contributed by atoms with Crippen molar-refractivity contribution in [3.05, 3.63) is 64.6 Å². The maximum atomic E-state index is 13.4. The molecular weight excluding hydrogens is 389 g/mol. The van der Waals surface area contributed by atoms with Crippen LogP contribution in [0.5, 0.6) is 5.75 Å². The molecule has 4 N–H and O–H groups in total. The number of rotatable bonds is 4. The average molecular weight is 400 g/mol. The standard InChI is InChI=1S/C17H11ClFN7O2/c18-11-7-9(4-5-12(11)19)21-15-14(22-16-17(23-15)26-28-25-16)13(24-20)8-2-1-3-10(27)6-8/h1-7,27H,20H2,(H,21,23,26). The van der Waals surface area contributed by atoms with E-state index in [4.69, 9.17) is 17.4 Å². The molecule has 0 spiro atoms. The van der Waals surface area contributed by atoms with E-state index in [0.29, 0.717) is 11.3 Å². The molecule has 0 aliphatic heterocycles. The van der Waals surface area contributed by atoms with E-state index in [-0.39, 0.29) is 39.3 Å². The monoisotopic (exact) mass is 399 g/mol. The molecule has 0 radical (unpaired) electrons. The van der Waals surface area contributed by atoms with Gasteiger partial charge in [0, 0.05) is 11.3 Å². The van der Waals surface area contributed by atoms with Crippen molar-refractivity contribution >= 4 is 40.1 Å². The Morgan fingerprint density at radius 2 is 1.93 bits per heavy atom. The van der Waals surface area contributed by atoms with Gasteiger partial charge in [-0.3, -0.25) is 0 Å². The van der Waals surface area contributed by atoms with Crippen LogP contribution in [0.3, 0.4) is 0 Å². The van der Waals surface area contributed by atoms with Gasteiger partial charge in [0.25, 0.3) is 0 Å². The predicted molar refractivity (Wildman–Crippen MR) is 100 cm³/mol. The Hall–Kier alpha value is -3.79. The van der Waals surface area contributed by atoms with Crippen molar-refractivity contribution in [2.24, 2.45) is 10.9 Å². The first-order chi connectivity index (χ1) is 13.5. The summed E-state index contributed by atoms with van der Waals surface area (Å²) in [6.45, 7) is 0. The van der Waals surface area contributed by atoms with Crippen molar-refractivity contribution in [1.29, 1.82) is 0 Å². The number of hydrogen-bond acceptors (Lipinski definition) is 9. The molecule has 4 rings (SSSR count). The van der Waals surface area contributed by atoms with Gasteiger partial charge in [-0.25, -0.2) is 19.0 Å². The summed E-state index contributed by atoms with van der Waals surface area (Å²) in [4.78, 5) is 8.68. The maximum Gasteiger partial charge on any atom is 0.245 e. The van der Waals surface area contributed by atoms with Gasteiger partial charge in [-0.15, -0.1) is 0 Å². The minimum Gasteiger partial charge on any atom is -0.508 e. The Labute approximate surface area is 161 Å². The van der Waals surface area contributed by atoms with Gasteiger partial charge in [0.1, 0.15) is 23.0 Å². The second kappa shape index (κ2) is 7.08. The highest BCUT2D eigenvalue weighted by Gasteiger charge is 2.20. The Balaban J connectivity index is 1.86. The first-order valence-corrected chi connectivity index (χ1v) is 8.23. The summed E-state index contributed by atoms with van der Waals surface area (Å²) < 4.78 is 18.1. The predicted octanol–water partition coefficient (Wildman–Crippen LogP) is 2.97. The zero-order valence-electron chi connectivity index (χ0n) is 14.0. The van der Waals surface area contributed by atoms with Crippen molar-refractivity contribution < 1.29 is 14.1 Å². The lowest BCUT2D eigenvalue weighted by molar-refractivity contribution is 0.314. The molecule has 4 aromatic rings. The molecule has 9 nitrogen and oxygen atoms in total. The molecule has 0 amide bonds. The summed E-state index contributed by atoms with van der Waals surface area (Å²) in [5.41, 5.74) is 1.67. The highest BCUT2D eigenvalue weighted by Crippen LogP contribution is 2.26. The number of aromatic nitrogens is 4. The lowest BCUT2D eigenvalue weighted by atomic mass is 10.1. The number of anilines is 2. The lowest BCUT2D eigenvalue weighted by Crippen LogP contribution is -2.13. The normalized spacial score (nSPS) is 11.7. The molecule has 2 heterocycles. The number of nitrogens with one attached hydrogen (secondary N) is 1. The van der Waals surface area contributed by atoms with Crippen LogP contribution in [0, 0.1) is 5.82 Å². The number of hydrogen-bond donors (Lipinski definition) is 3. The molecule has 11 heteroatoms. The molecule has 0 saturated carbocycles. The molecule has 2 aromatic heterocycles. The Kier molecular flexibility index (Phi) is 4.45. The van der Waals surface area contributed by atoms with Crippen LogP contribution in [0.2, 0.25) is 5.02 Å². The van der Waals surface area contributed by atoms with Gasteiger partial charge >= 0.3 is 0 Å². The van der Waals surface area contributed by atoms with E-state index in [1.807, 2.05) is 0 Å².